The summed E-state index contributed by atoms with van der Waals surface area (Å²) >= 11 is 0. The van der Waals surface area contributed by atoms with Gasteiger partial charge in [0.1, 0.15) is 0 Å². The molecule has 0 spiro atoms. The van der Waals surface area contributed by atoms with Gasteiger partial charge in [0.05, 0.1) is 5.39 Å². The molecule has 2 aliphatic carbocycles. The van der Waals surface area contributed by atoms with Gasteiger partial charge < -0.3 is 11.1 Å². The van der Waals surface area contributed by atoms with Crippen LogP contribution in [0.25, 0.3) is 10.8 Å². The first kappa shape index (κ1) is 15.3. The molecule has 24 heavy (non-hydrogen) atoms. The minimum atomic E-state index is -0.275. The lowest BCUT2D eigenvalue weighted by Gasteiger charge is -2.45. The van der Waals surface area contributed by atoms with Crippen molar-refractivity contribution in [1.29, 1.82) is 0 Å². The first-order chi connectivity index (χ1) is 11.6. The fourth-order valence-electron chi connectivity index (χ4n) is 4.53. The summed E-state index contributed by atoms with van der Waals surface area (Å²) < 4.78 is 0. The maximum Gasteiger partial charge on any atom is 0.272 e. The van der Waals surface area contributed by atoms with E-state index in [1.165, 1.54) is 6.42 Å². The highest BCUT2D eigenvalue weighted by molar-refractivity contribution is 6.04. The fourth-order valence-corrected chi connectivity index (χ4v) is 4.53. The summed E-state index contributed by atoms with van der Waals surface area (Å²) in [4.78, 5) is 24.7. The number of aromatic amines is 1. The van der Waals surface area contributed by atoms with Crippen molar-refractivity contribution in [2.24, 2.45) is 17.6 Å². The Balaban J connectivity index is 1.63. The van der Waals surface area contributed by atoms with E-state index in [9.17, 15) is 9.59 Å². The minimum Gasteiger partial charge on any atom is -0.347 e. The lowest BCUT2D eigenvalue weighted by Crippen LogP contribution is -2.53. The van der Waals surface area contributed by atoms with E-state index < -0.39 is 0 Å². The third-order valence-electron chi connectivity index (χ3n) is 5.59. The minimum absolute atomic E-state index is 0.165. The zero-order valence-electron chi connectivity index (χ0n) is 13.5. The van der Waals surface area contributed by atoms with Crippen LogP contribution in [0.2, 0.25) is 0 Å². The number of nitrogens with zero attached hydrogens (tertiary/aromatic N) is 1. The summed E-state index contributed by atoms with van der Waals surface area (Å²) in [7, 11) is 0. The summed E-state index contributed by atoms with van der Waals surface area (Å²) in [6.07, 6.45) is 5.40. The summed E-state index contributed by atoms with van der Waals surface area (Å²) in [5.41, 5.74) is 6.17. The van der Waals surface area contributed by atoms with E-state index in [1.54, 1.807) is 18.2 Å². The molecule has 4 N–H and O–H groups in total. The maximum absolute atomic E-state index is 12.8. The van der Waals surface area contributed by atoms with Gasteiger partial charge in [-0.2, -0.15) is 5.10 Å². The Labute approximate surface area is 139 Å². The molecule has 2 aliphatic rings. The average Bonchev–Trinajstić information content (AvgIpc) is 2.56. The van der Waals surface area contributed by atoms with Crippen molar-refractivity contribution < 1.29 is 4.79 Å². The number of carbonyl (C=O) groups is 1. The summed E-state index contributed by atoms with van der Waals surface area (Å²) in [5.74, 6) is 0.691. The van der Waals surface area contributed by atoms with Crippen molar-refractivity contribution in [3.05, 3.63) is 40.3 Å². The second-order valence-electron chi connectivity index (χ2n) is 7.13. The zero-order valence-corrected chi connectivity index (χ0v) is 13.5. The van der Waals surface area contributed by atoms with Crippen LogP contribution in [0.1, 0.15) is 42.6 Å². The maximum atomic E-state index is 12.8. The van der Waals surface area contributed by atoms with Gasteiger partial charge in [0.25, 0.3) is 11.5 Å². The number of hydrogen-bond acceptors (Lipinski definition) is 4. The smallest absolute Gasteiger partial charge is 0.272 e. The predicted octanol–water partition coefficient (Wildman–Crippen LogP) is 1.56. The van der Waals surface area contributed by atoms with E-state index in [0.29, 0.717) is 22.6 Å². The van der Waals surface area contributed by atoms with Crippen LogP contribution in [-0.4, -0.2) is 28.2 Å². The highest BCUT2D eigenvalue weighted by Crippen LogP contribution is 2.39. The lowest BCUT2D eigenvalue weighted by atomic mass is 9.67. The Morgan fingerprint density at radius 2 is 1.83 bits per heavy atom. The van der Waals surface area contributed by atoms with Crippen LogP contribution in [0.15, 0.2) is 29.1 Å². The first-order valence-corrected chi connectivity index (χ1v) is 8.67. The Hall–Kier alpha value is -2.21. The molecular weight excluding hydrogens is 304 g/mol. The van der Waals surface area contributed by atoms with Gasteiger partial charge >= 0.3 is 0 Å². The third kappa shape index (κ3) is 2.60. The molecule has 2 saturated carbocycles. The highest BCUT2D eigenvalue weighted by Gasteiger charge is 2.40. The molecule has 1 heterocycles. The van der Waals surface area contributed by atoms with Crippen molar-refractivity contribution in [2.75, 3.05) is 0 Å². The molecule has 1 amide bonds. The second-order valence-corrected chi connectivity index (χ2v) is 7.13. The van der Waals surface area contributed by atoms with Crippen molar-refractivity contribution >= 4 is 16.7 Å². The normalized spacial score (nSPS) is 29.4. The Morgan fingerprint density at radius 3 is 2.54 bits per heavy atom. The van der Waals surface area contributed by atoms with E-state index in [2.05, 4.69) is 15.5 Å². The van der Waals surface area contributed by atoms with Crippen LogP contribution >= 0.6 is 0 Å². The molecule has 1 aromatic heterocycles. The van der Waals surface area contributed by atoms with Crippen LogP contribution in [0.4, 0.5) is 0 Å². The zero-order chi connectivity index (χ0) is 16.7. The van der Waals surface area contributed by atoms with Crippen LogP contribution in [0.5, 0.6) is 0 Å². The third-order valence-corrected chi connectivity index (χ3v) is 5.59. The quantitative estimate of drug-likeness (QED) is 0.779. The van der Waals surface area contributed by atoms with Crippen LogP contribution in [0, 0.1) is 11.8 Å². The molecule has 0 saturated heterocycles. The van der Waals surface area contributed by atoms with Crippen molar-refractivity contribution in [2.45, 2.75) is 44.2 Å². The molecule has 2 fully saturated rings. The van der Waals surface area contributed by atoms with Gasteiger partial charge in [-0.15, -0.1) is 0 Å². The number of rotatable bonds is 2. The standard InChI is InChI=1S/C18H22N4O2/c19-12-8-10-4-3-5-11(9-12)15(10)20-18(24)16-13-6-1-2-7-14(13)17(23)22-21-16/h1-2,6-7,10-12,15H,3-5,8-9,19H2,(H,20,24)(H,22,23). The first-order valence-electron chi connectivity index (χ1n) is 8.67. The molecule has 2 bridgehead atoms. The number of hydrogen-bond donors (Lipinski definition) is 3. The fraction of sp³-hybridized carbons (Fsp3) is 0.500. The Morgan fingerprint density at radius 1 is 1.17 bits per heavy atom. The SMILES string of the molecule is NC1CC2CCCC(C1)C2NC(=O)c1n[nH]c(=O)c2ccccc12. The van der Waals surface area contributed by atoms with Gasteiger partial charge in [0, 0.05) is 17.5 Å². The highest BCUT2D eigenvalue weighted by atomic mass is 16.2. The summed E-state index contributed by atoms with van der Waals surface area (Å²) in [6.45, 7) is 0. The summed E-state index contributed by atoms with van der Waals surface area (Å²) in [6, 6.07) is 7.49. The second kappa shape index (κ2) is 6.02. The van der Waals surface area contributed by atoms with Gasteiger partial charge in [-0.25, -0.2) is 5.10 Å². The number of benzene rings is 1. The molecule has 126 valence electrons. The lowest BCUT2D eigenvalue weighted by molar-refractivity contribution is 0.0752. The Bertz CT molecular complexity index is 817. The molecule has 2 aromatic rings. The molecule has 2 atom stereocenters. The molecule has 0 radical (unpaired) electrons. The van der Waals surface area contributed by atoms with E-state index in [4.69, 9.17) is 5.73 Å². The summed E-state index contributed by atoms with van der Waals surface area (Å²) in [5, 5.41) is 10.7. The molecule has 6 heteroatoms. The number of fused-ring (bicyclic) bond motifs is 3. The van der Waals surface area contributed by atoms with E-state index in [-0.39, 0.29) is 29.2 Å². The van der Waals surface area contributed by atoms with Gasteiger partial charge in [-0.1, -0.05) is 24.6 Å². The van der Waals surface area contributed by atoms with Crippen LogP contribution in [0.3, 0.4) is 0 Å². The van der Waals surface area contributed by atoms with Crippen molar-refractivity contribution in [3.63, 3.8) is 0 Å². The van der Waals surface area contributed by atoms with Crippen LogP contribution < -0.4 is 16.6 Å². The largest absolute Gasteiger partial charge is 0.347 e. The molecule has 0 aliphatic heterocycles. The van der Waals surface area contributed by atoms with Crippen molar-refractivity contribution in [1.82, 2.24) is 15.5 Å². The van der Waals surface area contributed by atoms with E-state index in [1.807, 2.05) is 6.07 Å². The number of aromatic nitrogens is 2. The Kier molecular flexibility index (Phi) is 3.84. The van der Waals surface area contributed by atoms with Gasteiger partial charge in [-0.05, 0) is 43.6 Å². The number of carbonyl (C=O) groups excluding carboxylic acids is 1. The predicted molar refractivity (Wildman–Crippen MR) is 91.7 cm³/mol. The number of nitrogens with one attached hydrogen (secondary N) is 2. The van der Waals surface area contributed by atoms with Gasteiger partial charge in [-0.3, -0.25) is 9.59 Å². The van der Waals surface area contributed by atoms with E-state index >= 15 is 0 Å². The molecule has 2 unspecified atom stereocenters. The average molecular weight is 326 g/mol. The van der Waals surface area contributed by atoms with Crippen molar-refractivity contribution in [3.8, 4) is 0 Å². The van der Waals surface area contributed by atoms with E-state index in [0.717, 1.165) is 25.7 Å². The van der Waals surface area contributed by atoms with Gasteiger partial charge in [0.2, 0.25) is 0 Å². The number of nitrogens with two attached hydrogens (primary N) is 1. The number of H-pyrrole nitrogens is 1. The van der Waals surface area contributed by atoms with Crippen LogP contribution in [-0.2, 0) is 0 Å². The molecule has 6 nitrogen and oxygen atoms in total. The molecule has 1 aromatic carbocycles. The molecular formula is C18H22N4O2. The number of amides is 1. The monoisotopic (exact) mass is 326 g/mol. The molecule has 4 rings (SSSR count). The van der Waals surface area contributed by atoms with Gasteiger partial charge in [0.15, 0.2) is 5.69 Å². The topological polar surface area (TPSA) is 101 Å².